The third-order valence-corrected chi connectivity index (χ3v) is 1.06. The largest absolute Gasteiger partial charge is 0.481 e. The van der Waals surface area contributed by atoms with E-state index in [-0.39, 0.29) is 43.3 Å². The predicted molar refractivity (Wildman–Crippen MR) is 44.2 cm³/mol. The average molecular weight is 279 g/mol. The van der Waals surface area contributed by atoms with E-state index in [2.05, 4.69) is 12.6 Å². The van der Waals surface area contributed by atoms with Crippen LogP contribution in [0.3, 0.4) is 0 Å². The van der Waals surface area contributed by atoms with Gasteiger partial charge in [0.2, 0.25) is 0 Å². The Kier molecular flexibility index (Phi) is 14.2. The van der Waals surface area contributed by atoms with Gasteiger partial charge in [0.15, 0.2) is 0 Å². The van der Waals surface area contributed by atoms with Gasteiger partial charge in [-0.3, -0.25) is 9.59 Å². The molecule has 11 heavy (non-hydrogen) atoms. The molecule has 0 saturated heterocycles. The molecule has 1 unspecified atom stereocenters. The number of carboxylic acid groups (broad SMARTS) is 2. The maximum Gasteiger partial charge on any atom is 0.316 e. The Labute approximate surface area is 98.8 Å². The van der Waals surface area contributed by atoms with Gasteiger partial charge < -0.3 is 10.2 Å². The molecular weight excluding hydrogens is 273 g/mol. The summed E-state index contributed by atoms with van der Waals surface area (Å²) in [5, 5.41) is 15.0. The van der Waals surface area contributed by atoms with Crippen LogP contribution in [0.15, 0.2) is 0 Å². The van der Waals surface area contributed by atoms with Crippen molar-refractivity contribution in [1.82, 2.24) is 0 Å². The number of hydrogen-bond donors (Lipinski definition) is 3. The maximum absolute atomic E-state index is 9.90. The van der Waals surface area contributed by atoms with Crippen LogP contribution < -0.4 is 0 Å². The number of rotatable bonds is 3. The third kappa shape index (κ3) is 10.7. The number of aliphatic carboxylic acids is 2. The molecule has 0 saturated carbocycles. The Hall–Kier alpha value is 0.706. The smallest absolute Gasteiger partial charge is 0.316 e. The summed E-state index contributed by atoms with van der Waals surface area (Å²) in [4.78, 5) is 19.7. The van der Waals surface area contributed by atoms with Gasteiger partial charge in [0, 0.05) is 43.3 Å². The minimum atomic E-state index is -1.21. The molecule has 0 spiro atoms. The van der Waals surface area contributed by atoms with Crippen LogP contribution in [0, 0.1) is 0 Å². The summed E-state index contributed by atoms with van der Waals surface area (Å²) >= 11 is 3.48. The number of carbonyl (C=O) groups is 2. The van der Waals surface area contributed by atoms with Crippen LogP contribution in [0.5, 0.6) is 0 Å². The minimum Gasteiger partial charge on any atom is -0.481 e. The van der Waals surface area contributed by atoms with Crippen molar-refractivity contribution in [3.63, 3.8) is 0 Å². The standard InChI is InChI=1S/C4H6O4S.Li.Sb/c5-3(6)1-2(9)4(7)8;;/h2,9H,1H2,(H,5,6)(H,7,8);;. The molecular formula is C4H6LiO4SSb. The summed E-state index contributed by atoms with van der Waals surface area (Å²) in [6.45, 7) is 0. The average Bonchev–Trinajstić information content (AvgIpc) is 1.63. The summed E-state index contributed by atoms with van der Waals surface area (Å²) in [6, 6.07) is 0. The number of carboxylic acids is 2. The van der Waals surface area contributed by atoms with E-state index in [0.29, 0.717) is 0 Å². The van der Waals surface area contributed by atoms with Crippen molar-refractivity contribution in [3.8, 4) is 0 Å². The molecule has 7 heteroatoms. The second kappa shape index (κ2) is 8.80. The zero-order valence-electron chi connectivity index (χ0n) is 5.89. The fraction of sp³-hybridized carbons (Fsp3) is 0.500. The molecule has 4 nitrogen and oxygen atoms in total. The molecule has 1 atom stereocenters. The van der Waals surface area contributed by atoms with E-state index in [9.17, 15) is 9.59 Å². The van der Waals surface area contributed by atoms with Crippen molar-refractivity contribution in [1.29, 1.82) is 0 Å². The summed E-state index contributed by atoms with van der Waals surface area (Å²) in [7, 11) is 0. The van der Waals surface area contributed by atoms with E-state index in [4.69, 9.17) is 10.2 Å². The first-order chi connectivity index (χ1) is 4.04. The summed E-state index contributed by atoms with van der Waals surface area (Å²) < 4.78 is 0. The van der Waals surface area contributed by atoms with Gasteiger partial charge in [0.05, 0.1) is 6.42 Å². The molecule has 0 fully saturated rings. The Morgan fingerprint density at radius 3 is 1.82 bits per heavy atom. The Morgan fingerprint density at radius 1 is 1.36 bits per heavy atom. The van der Waals surface area contributed by atoms with E-state index in [0.717, 1.165) is 0 Å². The molecule has 0 aromatic carbocycles. The first-order valence-corrected chi connectivity index (χ1v) is 2.68. The molecule has 0 aromatic heterocycles. The number of hydrogen-bond acceptors (Lipinski definition) is 3. The Morgan fingerprint density at radius 2 is 1.73 bits per heavy atom. The van der Waals surface area contributed by atoms with Crippen LogP contribution in [0.25, 0.3) is 0 Å². The predicted octanol–water partition coefficient (Wildman–Crippen LogP) is -0.917. The zero-order chi connectivity index (χ0) is 7.44. The molecule has 0 heterocycles. The van der Waals surface area contributed by atoms with E-state index in [1.165, 1.54) is 0 Å². The molecule has 0 aromatic rings. The fourth-order valence-corrected chi connectivity index (χ4v) is 0.409. The number of thiol groups is 1. The van der Waals surface area contributed by atoms with Gasteiger partial charge in [-0.05, 0) is 0 Å². The van der Waals surface area contributed by atoms with E-state index in [1.54, 1.807) is 0 Å². The molecule has 0 aliphatic heterocycles. The van der Waals surface area contributed by atoms with Gasteiger partial charge in [-0.15, -0.1) is 0 Å². The van der Waals surface area contributed by atoms with Gasteiger partial charge in [-0.25, -0.2) is 0 Å². The van der Waals surface area contributed by atoms with Gasteiger partial charge in [0.1, 0.15) is 5.25 Å². The van der Waals surface area contributed by atoms with Crippen LogP contribution in [0.1, 0.15) is 6.42 Å². The van der Waals surface area contributed by atoms with Crippen molar-refractivity contribution >= 4 is 67.9 Å². The van der Waals surface area contributed by atoms with Gasteiger partial charge in [-0.2, -0.15) is 12.6 Å². The monoisotopic (exact) mass is 278 g/mol. The Bertz CT molecular complexity index is 142. The van der Waals surface area contributed by atoms with E-state index in [1.807, 2.05) is 0 Å². The summed E-state index contributed by atoms with van der Waals surface area (Å²) in [5.74, 6) is -2.36. The summed E-state index contributed by atoms with van der Waals surface area (Å²) in [5.41, 5.74) is 0. The molecule has 2 N–H and O–H groups in total. The van der Waals surface area contributed by atoms with Gasteiger partial charge >= 0.3 is 11.9 Å². The van der Waals surface area contributed by atoms with Crippen LogP contribution in [0.2, 0.25) is 0 Å². The molecule has 0 bridgehead atoms. The van der Waals surface area contributed by atoms with Crippen LogP contribution in [-0.2, 0) is 9.59 Å². The molecule has 58 valence electrons. The van der Waals surface area contributed by atoms with Crippen LogP contribution in [0.4, 0.5) is 0 Å². The van der Waals surface area contributed by atoms with Crippen molar-refractivity contribution in [2.75, 3.05) is 0 Å². The minimum absolute atomic E-state index is 0. The Balaban J connectivity index is -0.000000320. The SMILES string of the molecule is O=C(O)CC(S)C(=O)O.[Li].[Sb]. The van der Waals surface area contributed by atoms with E-state index >= 15 is 0 Å². The van der Waals surface area contributed by atoms with E-state index < -0.39 is 23.6 Å². The van der Waals surface area contributed by atoms with Gasteiger partial charge in [0.25, 0.3) is 0 Å². The van der Waals surface area contributed by atoms with Crippen LogP contribution >= 0.6 is 12.6 Å². The first kappa shape index (κ1) is 17.7. The summed E-state index contributed by atoms with van der Waals surface area (Å²) in [6.07, 6.45) is -0.446. The van der Waals surface area contributed by atoms with Crippen molar-refractivity contribution in [2.45, 2.75) is 11.7 Å². The van der Waals surface area contributed by atoms with Crippen molar-refractivity contribution < 1.29 is 19.8 Å². The molecule has 0 aliphatic rings. The zero-order valence-corrected chi connectivity index (χ0v) is 9.34. The normalized spacial score (nSPS) is 10.3. The molecule has 4 radical (unpaired) electrons. The molecule has 0 aliphatic carbocycles. The molecule has 0 amide bonds. The first-order valence-electron chi connectivity index (χ1n) is 2.16. The van der Waals surface area contributed by atoms with Crippen molar-refractivity contribution in [2.24, 2.45) is 0 Å². The fourth-order valence-electron chi connectivity index (χ4n) is 0.253. The quantitative estimate of drug-likeness (QED) is 0.461. The topological polar surface area (TPSA) is 74.6 Å². The van der Waals surface area contributed by atoms with Crippen LogP contribution in [-0.4, -0.2) is 70.7 Å². The van der Waals surface area contributed by atoms with Gasteiger partial charge in [-0.1, -0.05) is 0 Å². The second-order valence-electron chi connectivity index (χ2n) is 1.45. The second-order valence-corrected chi connectivity index (χ2v) is 2.08. The maximum atomic E-state index is 9.90. The molecule has 0 rings (SSSR count). The third-order valence-electron chi connectivity index (χ3n) is 0.653. The van der Waals surface area contributed by atoms with Crippen molar-refractivity contribution in [3.05, 3.63) is 0 Å².